The molecule has 27 heavy (non-hydrogen) atoms. The lowest BCUT2D eigenvalue weighted by molar-refractivity contribution is -0.384. The van der Waals surface area contributed by atoms with Crippen molar-refractivity contribution in [3.63, 3.8) is 0 Å². The number of piperidine rings is 1. The van der Waals surface area contributed by atoms with Crippen LogP contribution >= 0.6 is 0 Å². The molecule has 0 aromatic carbocycles. The van der Waals surface area contributed by atoms with Gasteiger partial charge in [0.2, 0.25) is 5.82 Å². The van der Waals surface area contributed by atoms with Crippen LogP contribution in [-0.4, -0.2) is 28.0 Å². The fraction of sp³-hybridized carbons (Fsp3) is 0.250. The van der Waals surface area contributed by atoms with E-state index in [2.05, 4.69) is 21.8 Å². The van der Waals surface area contributed by atoms with E-state index in [9.17, 15) is 10.1 Å². The standard InChI is InChI=1S/C20H17N5O2/c1-15-5-6-19(25(26)27)20(23-15)24-9-7-16(8-10-24)3-2-4-17-11-18(12-21)14-22-13-17/h3,5-6,11,13-14H,7-10H2,1H3. The van der Waals surface area contributed by atoms with Crippen LogP contribution in [0.25, 0.3) is 0 Å². The first-order valence-corrected chi connectivity index (χ1v) is 8.48. The number of hydrogen-bond acceptors (Lipinski definition) is 6. The molecule has 0 saturated carbocycles. The summed E-state index contributed by atoms with van der Waals surface area (Å²) in [5, 5.41) is 20.1. The summed E-state index contributed by atoms with van der Waals surface area (Å²) in [5.74, 6) is 6.43. The number of aryl methyl sites for hydroxylation is 1. The van der Waals surface area contributed by atoms with Crippen LogP contribution in [0, 0.1) is 40.2 Å². The van der Waals surface area contributed by atoms with E-state index in [4.69, 9.17) is 5.26 Å². The van der Waals surface area contributed by atoms with E-state index >= 15 is 0 Å². The van der Waals surface area contributed by atoms with Gasteiger partial charge in [-0.2, -0.15) is 5.26 Å². The van der Waals surface area contributed by atoms with Crippen LogP contribution < -0.4 is 4.90 Å². The summed E-state index contributed by atoms with van der Waals surface area (Å²) in [4.78, 5) is 21.2. The van der Waals surface area contributed by atoms with E-state index in [1.54, 1.807) is 18.3 Å². The second-order valence-corrected chi connectivity index (χ2v) is 6.19. The van der Waals surface area contributed by atoms with Gasteiger partial charge in [-0.05, 0) is 38.0 Å². The van der Waals surface area contributed by atoms with Gasteiger partial charge in [0.25, 0.3) is 0 Å². The molecule has 134 valence electrons. The lowest BCUT2D eigenvalue weighted by atomic mass is 10.0. The molecule has 0 atom stereocenters. The molecule has 0 spiro atoms. The summed E-state index contributed by atoms with van der Waals surface area (Å²) in [6, 6.07) is 6.90. The minimum Gasteiger partial charge on any atom is -0.350 e. The second kappa shape index (κ2) is 8.11. The molecular formula is C20H17N5O2. The van der Waals surface area contributed by atoms with Crippen LogP contribution in [0.5, 0.6) is 0 Å². The highest BCUT2D eigenvalue weighted by atomic mass is 16.6. The number of nitriles is 1. The number of nitro groups is 1. The third-order valence-electron chi connectivity index (χ3n) is 4.26. The highest BCUT2D eigenvalue weighted by Gasteiger charge is 2.23. The molecule has 7 heteroatoms. The quantitative estimate of drug-likeness (QED) is 0.464. The zero-order valence-corrected chi connectivity index (χ0v) is 14.8. The van der Waals surface area contributed by atoms with Crippen LogP contribution in [-0.2, 0) is 0 Å². The van der Waals surface area contributed by atoms with Crippen molar-refractivity contribution in [3.8, 4) is 17.9 Å². The molecule has 0 N–H and O–H groups in total. The fourth-order valence-electron chi connectivity index (χ4n) is 2.85. The average Bonchev–Trinajstić information content (AvgIpc) is 2.68. The molecular weight excluding hydrogens is 342 g/mol. The van der Waals surface area contributed by atoms with Crippen molar-refractivity contribution < 1.29 is 4.92 Å². The SMILES string of the molecule is Cc1ccc([N+](=O)[O-])c(N2CCC(=CC#Cc3cncc(C#N)c3)CC2)n1. The van der Waals surface area contributed by atoms with E-state index in [1.807, 2.05) is 24.0 Å². The molecule has 1 aliphatic rings. The van der Waals surface area contributed by atoms with E-state index < -0.39 is 0 Å². The Kier molecular flexibility index (Phi) is 5.44. The third kappa shape index (κ3) is 4.47. The van der Waals surface area contributed by atoms with Gasteiger partial charge in [-0.1, -0.05) is 17.4 Å². The Morgan fingerprint density at radius 2 is 2.00 bits per heavy atom. The van der Waals surface area contributed by atoms with Gasteiger partial charge in [0.05, 0.1) is 10.5 Å². The predicted molar refractivity (Wildman–Crippen MR) is 101 cm³/mol. The molecule has 7 nitrogen and oxygen atoms in total. The summed E-state index contributed by atoms with van der Waals surface area (Å²) in [6.45, 7) is 3.15. The van der Waals surface area contributed by atoms with E-state index in [0.717, 1.165) is 18.5 Å². The van der Waals surface area contributed by atoms with Crippen LogP contribution in [0.15, 0.2) is 42.2 Å². The molecule has 3 rings (SSSR count). The van der Waals surface area contributed by atoms with Crippen molar-refractivity contribution in [1.29, 1.82) is 5.26 Å². The van der Waals surface area contributed by atoms with Crippen molar-refractivity contribution in [1.82, 2.24) is 9.97 Å². The van der Waals surface area contributed by atoms with Crippen LogP contribution in [0.3, 0.4) is 0 Å². The lowest BCUT2D eigenvalue weighted by Crippen LogP contribution is -2.32. The largest absolute Gasteiger partial charge is 0.350 e. The molecule has 0 unspecified atom stereocenters. The van der Waals surface area contributed by atoms with Crippen LogP contribution in [0.2, 0.25) is 0 Å². The first kappa shape index (κ1) is 18.1. The Hall–Kier alpha value is -3.71. The lowest BCUT2D eigenvalue weighted by Gasteiger charge is -2.28. The smallest absolute Gasteiger partial charge is 0.311 e. The molecule has 2 aromatic rings. The average molecular weight is 359 g/mol. The number of allylic oxidation sites excluding steroid dienone is 1. The first-order chi connectivity index (χ1) is 13.1. The Labute approximate surface area is 157 Å². The van der Waals surface area contributed by atoms with Gasteiger partial charge in [0.15, 0.2) is 0 Å². The maximum Gasteiger partial charge on any atom is 0.311 e. The van der Waals surface area contributed by atoms with Gasteiger partial charge in [-0.15, -0.1) is 0 Å². The number of nitrogens with zero attached hydrogens (tertiary/aromatic N) is 5. The molecule has 0 bridgehead atoms. The summed E-state index contributed by atoms with van der Waals surface area (Å²) in [6.07, 6.45) is 6.56. The Balaban J connectivity index is 1.69. The predicted octanol–water partition coefficient (Wildman–Crippen LogP) is 3.14. The molecule has 1 fully saturated rings. The maximum atomic E-state index is 11.2. The van der Waals surface area contributed by atoms with Gasteiger partial charge in [-0.3, -0.25) is 15.1 Å². The Morgan fingerprint density at radius 3 is 2.70 bits per heavy atom. The molecule has 1 saturated heterocycles. The van der Waals surface area contributed by atoms with Gasteiger partial charge in [0.1, 0.15) is 6.07 Å². The van der Waals surface area contributed by atoms with Gasteiger partial charge >= 0.3 is 5.69 Å². The first-order valence-electron chi connectivity index (χ1n) is 8.48. The summed E-state index contributed by atoms with van der Waals surface area (Å²) in [7, 11) is 0. The number of pyridine rings is 2. The second-order valence-electron chi connectivity index (χ2n) is 6.19. The molecule has 1 aliphatic heterocycles. The summed E-state index contributed by atoms with van der Waals surface area (Å²) in [5.41, 5.74) is 3.17. The monoisotopic (exact) mass is 359 g/mol. The normalized spacial score (nSPS) is 13.3. The summed E-state index contributed by atoms with van der Waals surface area (Å²) < 4.78 is 0. The van der Waals surface area contributed by atoms with Gasteiger partial charge in [0, 0.05) is 42.8 Å². The topological polar surface area (TPSA) is 96.0 Å². The number of aromatic nitrogens is 2. The number of rotatable bonds is 2. The Bertz CT molecular complexity index is 1000. The Morgan fingerprint density at radius 1 is 1.26 bits per heavy atom. The molecule has 0 aliphatic carbocycles. The van der Waals surface area contributed by atoms with E-state index in [-0.39, 0.29) is 10.6 Å². The van der Waals surface area contributed by atoms with Gasteiger partial charge in [-0.25, -0.2) is 4.98 Å². The zero-order chi connectivity index (χ0) is 19.2. The molecule has 2 aromatic heterocycles. The van der Waals surface area contributed by atoms with E-state index in [1.165, 1.54) is 17.8 Å². The molecule has 0 amide bonds. The van der Waals surface area contributed by atoms with Crippen molar-refractivity contribution >= 4 is 11.5 Å². The fourth-order valence-corrected chi connectivity index (χ4v) is 2.85. The number of hydrogen-bond donors (Lipinski definition) is 0. The van der Waals surface area contributed by atoms with Crippen molar-refractivity contribution in [2.75, 3.05) is 18.0 Å². The third-order valence-corrected chi connectivity index (χ3v) is 4.26. The molecule has 3 heterocycles. The highest BCUT2D eigenvalue weighted by Crippen LogP contribution is 2.29. The zero-order valence-electron chi connectivity index (χ0n) is 14.8. The van der Waals surface area contributed by atoms with Crippen LogP contribution in [0.1, 0.15) is 29.7 Å². The number of anilines is 1. The minimum atomic E-state index is -0.387. The summed E-state index contributed by atoms with van der Waals surface area (Å²) >= 11 is 0. The van der Waals surface area contributed by atoms with Crippen molar-refractivity contribution in [2.24, 2.45) is 0 Å². The van der Waals surface area contributed by atoms with Crippen LogP contribution in [0.4, 0.5) is 11.5 Å². The van der Waals surface area contributed by atoms with Crippen molar-refractivity contribution in [2.45, 2.75) is 19.8 Å². The van der Waals surface area contributed by atoms with Crippen molar-refractivity contribution in [3.05, 3.63) is 69.2 Å². The molecule has 0 radical (unpaired) electrons. The van der Waals surface area contributed by atoms with Gasteiger partial charge < -0.3 is 4.90 Å². The highest BCUT2D eigenvalue weighted by molar-refractivity contribution is 5.58. The maximum absolute atomic E-state index is 11.2. The van der Waals surface area contributed by atoms with E-state index in [0.29, 0.717) is 30.0 Å². The minimum absolute atomic E-state index is 0.0395.